The van der Waals surface area contributed by atoms with Crippen molar-refractivity contribution >= 4 is 17.7 Å². The predicted octanol–water partition coefficient (Wildman–Crippen LogP) is 2.11. The monoisotopic (exact) mass is 288 g/mol. The third kappa shape index (κ3) is 2.56. The largest absolute Gasteiger partial charge is 0.369 e. The van der Waals surface area contributed by atoms with Crippen molar-refractivity contribution in [2.24, 2.45) is 5.73 Å². The molecule has 1 heterocycles. The fraction of sp³-hybridized carbons (Fsp3) is 0.357. The van der Waals surface area contributed by atoms with E-state index in [1.54, 1.807) is 6.92 Å². The van der Waals surface area contributed by atoms with E-state index in [1.165, 1.54) is 11.8 Å². The first-order valence-electron chi connectivity index (χ1n) is 6.63. The van der Waals surface area contributed by atoms with Crippen molar-refractivity contribution in [3.8, 4) is 5.69 Å². The van der Waals surface area contributed by atoms with Gasteiger partial charge in [0.2, 0.25) is 5.91 Å². The van der Waals surface area contributed by atoms with Crippen LogP contribution < -0.4 is 5.73 Å². The Morgan fingerprint density at radius 3 is 2.65 bits per heavy atom. The highest BCUT2D eigenvalue weighted by molar-refractivity contribution is 8.00. The molecule has 2 N–H and O–H groups in total. The van der Waals surface area contributed by atoms with Gasteiger partial charge in [-0.3, -0.25) is 9.36 Å². The number of nitrogens with zero attached hydrogens (tertiary/aromatic N) is 3. The number of aromatic nitrogens is 3. The molecule has 0 aliphatic heterocycles. The van der Waals surface area contributed by atoms with Crippen LogP contribution in [0.2, 0.25) is 0 Å². The van der Waals surface area contributed by atoms with E-state index in [-0.39, 0.29) is 11.2 Å². The van der Waals surface area contributed by atoms with Gasteiger partial charge >= 0.3 is 0 Å². The van der Waals surface area contributed by atoms with Crippen molar-refractivity contribution < 1.29 is 4.79 Å². The zero-order chi connectivity index (χ0) is 14.1. The fourth-order valence-electron chi connectivity index (χ4n) is 2.00. The van der Waals surface area contributed by atoms with Crippen LogP contribution in [0.1, 0.15) is 31.5 Å². The van der Waals surface area contributed by atoms with Gasteiger partial charge in [-0.15, -0.1) is 10.2 Å². The summed E-state index contributed by atoms with van der Waals surface area (Å²) in [6.07, 6.45) is 2.31. The number of hydrogen-bond acceptors (Lipinski definition) is 4. The van der Waals surface area contributed by atoms with Gasteiger partial charge in [0.15, 0.2) is 5.16 Å². The Labute approximate surface area is 121 Å². The molecule has 1 aromatic heterocycles. The molecule has 1 aliphatic rings. The zero-order valence-electron chi connectivity index (χ0n) is 11.2. The van der Waals surface area contributed by atoms with Crippen LogP contribution in [0.15, 0.2) is 35.5 Å². The number of thioether (sulfide) groups is 1. The molecule has 104 valence electrons. The molecule has 1 saturated carbocycles. The molecule has 0 saturated heterocycles. The number of carbonyl (C=O) groups is 1. The lowest BCUT2D eigenvalue weighted by Gasteiger charge is -2.11. The van der Waals surface area contributed by atoms with Crippen molar-refractivity contribution in [3.05, 3.63) is 36.2 Å². The summed E-state index contributed by atoms with van der Waals surface area (Å²) in [5, 5.41) is 8.95. The smallest absolute Gasteiger partial charge is 0.230 e. The van der Waals surface area contributed by atoms with E-state index in [4.69, 9.17) is 5.73 Å². The number of rotatable bonds is 5. The normalized spacial score (nSPS) is 16.1. The SMILES string of the molecule is CC(Sc1nnc(C2CC2)n1-c1ccccc1)C(N)=O. The van der Waals surface area contributed by atoms with Gasteiger partial charge in [0.25, 0.3) is 0 Å². The van der Waals surface area contributed by atoms with Gasteiger partial charge in [-0.05, 0) is 31.9 Å². The highest BCUT2D eigenvalue weighted by Gasteiger charge is 2.31. The fourth-order valence-corrected chi connectivity index (χ4v) is 2.82. The number of para-hydroxylation sites is 1. The van der Waals surface area contributed by atoms with Crippen molar-refractivity contribution in [1.29, 1.82) is 0 Å². The first-order chi connectivity index (χ1) is 9.66. The molecule has 1 amide bonds. The lowest BCUT2D eigenvalue weighted by Crippen LogP contribution is -2.23. The number of nitrogens with two attached hydrogens (primary N) is 1. The van der Waals surface area contributed by atoms with E-state index in [2.05, 4.69) is 10.2 Å². The topological polar surface area (TPSA) is 73.8 Å². The summed E-state index contributed by atoms with van der Waals surface area (Å²) in [4.78, 5) is 11.2. The number of primary amides is 1. The first-order valence-corrected chi connectivity index (χ1v) is 7.51. The van der Waals surface area contributed by atoms with Crippen LogP contribution >= 0.6 is 11.8 Å². The third-order valence-electron chi connectivity index (χ3n) is 3.30. The maximum atomic E-state index is 11.2. The number of benzene rings is 1. The predicted molar refractivity (Wildman–Crippen MR) is 77.8 cm³/mol. The molecule has 0 bridgehead atoms. The summed E-state index contributed by atoms with van der Waals surface area (Å²) in [5.41, 5.74) is 6.36. The molecule has 0 spiro atoms. The quantitative estimate of drug-likeness (QED) is 0.855. The Morgan fingerprint density at radius 2 is 2.05 bits per heavy atom. The Hall–Kier alpha value is -1.82. The summed E-state index contributed by atoms with van der Waals surface area (Å²) in [6, 6.07) is 9.99. The van der Waals surface area contributed by atoms with Gasteiger partial charge in [0.1, 0.15) is 5.82 Å². The second-order valence-electron chi connectivity index (χ2n) is 4.95. The van der Waals surface area contributed by atoms with E-state index < -0.39 is 0 Å². The Bertz CT molecular complexity index is 621. The van der Waals surface area contributed by atoms with Crippen LogP contribution in [-0.2, 0) is 4.79 Å². The van der Waals surface area contributed by atoms with Crippen LogP contribution in [0, 0.1) is 0 Å². The van der Waals surface area contributed by atoms with E-state index >= 15 is 0 Å². The van der Waals surface area contributed by atoms with Gasteiger partial charge in [-0.2, -0.15) is 0 Å². The molecule has 1 unspecified atom stereocenters. The molecule has 1 fully saturated rings. The highest BCUT2D eigenvalue weighted by atomic mass is 32.2. The average Bonchev–Trinajstić information content (AvgIpc) is 3.21. The minimum absolute atomic E-state index is 0.325. The second kappa shape index (κ2) is 5.28. The van der Waals surface area contributed by atoms with Gasteiger partial charge < -0.3 is 5.73 Å². The summed E-state index contributed by atoms with van der Waals surface area (Å²) in [5.74, 6) is 1.13. The van der Waals surface area contributed by atoms with Crippen molar-refractivity contribution in [2.45, 2.75) is 36.1 Å². The molecule has 3 rings (SSSR count). The average molecular weight is 288 g/mol. The maximum absolute atomic E-state index is 11.2. The van der Waals surface area contributed by atoms with E-state index in [0.717, 1.165) is 29.5 Å². The molecule has 20 heavy (non-hydrogen) atoms. The Morgan fingerprint density at radius 1 is 1.35 bits per heavy atom. The molecule has 5 nitrogen and oxygen atoms in total. The van der Waals surface area contributed by atoms with Crippen LogP contribution in [0.25, 0.3) is 5.69 Å². The molecule has 1 aromatic carbocycles. The van der Waals surface area contributed by atoms with Crippen LogP contribution in [-0.4, -0.2) is 25.9 Å². The van der Waals surface area contributed by atoms with E-state index in [1.807, 2.05) is 34.9 Å². The van der Waals surface area contributed by atoms with Crippen LogP contribution in [0.3, 0.4) is 0 Å². The minimum Gasteiger partial charge on any atom is -0.369 e. The Kier molecular flexibility index (Phi) is 3.48. The van der Waals surface area contributed by atoms with E-state index in [9.17, 15) is 4.79 Å². The number of hydrogen-bond donors (Lipinski definition) is 1. The van der Waals surface area contributed by atoms with Crippen LogP contribution in [0.4, 0.5) is 0 Å². The molecule has 2 aromatic rings. The highest BCUT2D eigenvalue weighted by Crippen LogP contribution is 2.41. The number of carbonyl (C=O) groups excluding carboxylic acids is 1. The van der Waals surface area contributed by atoms with Gasteiger partial charge in [-0.25, -0.2) is 0 Å². The molecule has 1 aliphatic carbocycles. The summed E-state index contributed by atoms with van der Waals surface area (Å²) in [7, 11) is 0. The summed E-state index contributed by atoms with van der Waals surface area (Å²) >= 11 is 1.35. The first kappa shape index (κ1) is 13.2. The van der Waals surface area contributed by atoms with Gasteiger partial charge in [0.05, 0.1) is 5.25 Å². The summed E-state index contributed by atoms with van der Waals surface area (Å²) in [6.45, 7) is 1.79. The maximum Gasteiger partial charge on any atom is 0.230 e. The zero-order valence-corrected chi connectivity index (χ0v) is 12.0. The minimum atomic E-state index is -0.342. The molecule has 0 radical (unpaired) electrons. The van der Waals surface area contributed by atoms with Crippen molar-refractivity contribution in [2.75, 3.05) is 0 Å². The molecule has 6 heteroatoms. The van der Waals surface area contributed by atoms with Gasteiger partial charge in [-0.1, -0.05) is 30.0 Å². The van der Waals surface area contributed by atoms with Gasteiger partial charge in [0, 0.05) is 11.6 Å². The second-order valence-corrected chi connectivity index (χ2v) is 6.26. The van der Waals surface area contributed by atoms with Crippen LogP contribution in [0.5, 0.6) is 0 Å². The van der Waals surface area contributed by atoms with Crippen molar-refractivity contribution in [3.63, 3.8) is 0 Å². The number of amides is 1. The third-order valence-corrected chi connectivity index (χ3v) is 4.36. The lowest BCUT2D eigenvalue weighted by atomic mass is 10.3. The Balaban J connectivity index is 2.00. The summed E-state index contributed by atoms with van der Waals surface area (Å²) < 4.78 is 2.04. The van der Waals surface area contributed by atoms with Crippen molar-refractivity contribution in [1.82, 2.24) is 14.8 Å². The van der Waals surface area contributed by atoms with E-state index in [0.29, 0.717) is 5.92 Å². The molecular weight excluding hydrogens is 272 g/mol. The molecule has 1 atom stereocenters. The standard InChI is InChI=1S/C14H16N4OS/c1-9(12(15)19)20-14-17-16-13(10-7-8-10)18(14)11-5-3-2-4-6-11/h2-6,9-10H,7-8H2,1H3,(H2,15,19). The molecular formula is C14H16N4OS. The lowest BCUT2D eigenvalue weighted by molar-refractivity contribution is -0.117.